The minimum absolute atomic E-state index is 0.237. The number of ether oxygens (including phenoxy) is 1. The second kappa shape index (κ2) is 8.28. The Bertz CT molecular complexity index is 1030. The van der Waals surface area contributed by atoms with Crippen LogP contribution in [0.2, 0.25) is 5.02 Å². The lowest BCUT2D eigenvalue weighted by Gasteiger charge is -2.35. The number of amides is 1. The van der Waals surface area contributed by atoms with Crippen LogP contribution in [0.25, 0.3) is 16.9 Å². The third-order valence-electron chi connectivity index (χ3n) is 5.14. The summed E-state index contributed by atoms with van der Waals surface area (Å²) in [7, 11) is 0. The van der Waals surface area contributed by atoms with Gasteiger partial charge < -0.3 is 14.0 Å². The Morgan fingerprint density at radius 3 is 2.43 bits per heavy atom. The zero-order valence-electron chi connectivity index (χ0n) is 17.6. The minimum atomic E-state index is -0.474. The molecule has 0 atom stereocenters. The van der Waals surface area contributed by atoms with Crippen LogP contribution in [-0.2, 0) is 11.3 Å². The van der Waals surface area contributed by atoms with Crippen molar-refractivity contribution < 1.29 is 9.53 Å². The molecule has 7 heteroatoms. The van der Waals surface area contributed by atoms with Gasteiger partial charge in [-0.2, -0.15) is 0 Å². The lowest BCUT2D eigenvalue weighted by molar-refractivity contribution is 0.0138. The van der Waals surface area contributed by atoms with Gasteiger partial charge in [-0.05, 0) is 45.0 Å². The lowest BCUT2D eigenvalue weighted by Crippen LogP contribution is -2.49. The first-order valence-electron chi connectivity index (χ1n) is 10.2. The molecule has 1 fully saturated rings. The molecule has 3 heterocycles. The number of halogens is 1. The number of hydrogen-bond donors (Lipinski definition) is 0. The third kappa shape index (κ3) is 4.60. The van der Waals surface area contributed by atoms with Crippen molar-refractivity contribution in [3.05, 3.63) is 59.4 Å². The molecule has 0 bridgehead atoms. The van der Waals surface area contributed by atoms with Crippen LogP contribution in [0.5, 0.6) is 0 Å². The predicted octanol–water partition coefficient (Wildman–Crippen LogP) is 4.71. The van der Waals surface area contributed by atoms with Gasteiger partial charge in [0.2, 0.25) is 0 Å². The number of piperazine rings is 1. The second-order valence-electron chi connectivity index (χ2n) is 8.59. The first-order chi connectivity index (χ1) is 14.3. The Labute approximate surface area is 182 Å². The molecule has 1 aliphatic rings. The average Bonchev–Trinajstić information content (AvgIpc) is 3.06. The SMILES string of the molecule is CC(C)(C)OC(=O)N1CCN(Cc2c(-c3ccc(Cl)cc3)nc3ccccn23)CC1. The molecule has 0 spiro atoms. The number of nitrogens with zero attached hydrogens (tertiary/aromatic N) is 4. The van der Waals surface area contributed by atoms with Crippen LogP contribution in [-0.4, -0.2) is 57.1 Å². The van der Waals surface area contributed by atoms with Crippen molar-refractivity contribution >= 4 is 23.3 Å². The van der Waals surface area contributed by atoms with Crippen molar-refractivity contribution in [3.8, 4) is 11.3 Å². The first-order valence-corrected chi connectivity index (χ1v) is 10.6. The van der Waals surface area contributed by atoms with Crippen LogP contribution in [0.3, 0.4) is 0 Å². The van der Waals surface area contributed by atoms with Gasteiger partial charge >= 0.3 is 6.09 Å². The number of fused-ring (bicyclic) bond motifs is 1. The number of benzene rings is 1. The maximum atomic E-state index is 12.3. The molecular weight excluding hydrogens is 400 g/mol. The van der Waals surface area contributed by atoms with E-state index < -0.39 is 5.60 Å². The van der Waals surface area contributed by atoms with Crippen LogP contribution in [0.1, 0.15) is 26.5 Å². The summed E-state index contributed by atoms with van der Waals surface area (Å²) in [6, 6.07) is 13.8. The highest BCUT2D eigenvalue weighted by Crippen LogP contribution is 2.27. The summed E-state index contributed by atoms with van der Waals surface area (Å²) in [4.78, 5) is 21.4. The second-order valence-corrected chi connectivity index (χ2v) is 9.02. The van der Waals surface area contributed by atoms with Crippen LogP contribution >= 0.6 is 11.6 Å². The van der Waals surface area contributed by atoms with E-state index in [0.29, 0.717) is 18.1 Å². The van der Waals surface area contributed by atoms with E-state index in [1.807, 2.05) is 69.4 Å². The summed E-state index contributed by atoms with van der Waals surface area (Å²) in [5.41, 5.74) is 3.60. The molecule has 3 aromatic rings. The molecule has 0 N–H and O–H groups in total. The molecule has 0 aliphatic carbocycles. The number of rotatable bonds is 3. The number of pyridine rings is 1. The zero-order chi connectivity index (χ0) is 21.3. The maximum Gasteiger partial charge on any atom is 0.410 e. The van der Waals surface area contributed by atoms with Gasteiger partial charge in [-0.15, -0.1) is 0 Å². The lowest BCUT2D eigenvalue weighted by atomic mass is 10.1. The van der Waals surface area contributed by atoms with Crippen LogP contribution in [0.4, 0.5) is 4.79 Å². The quantitative estimate of drug-likeness (QED) is 0.608. The van der Waals surface area contributed by atoms with E-state index in [1.165, 1.54) is 0 Å². The van der Waals surface area contributed by atoms with Gasteiger partial charge in [0.05, 0.1) is 11.4 Å². The maximum absolute atomic E-state index is 12.3. The molecule has 30 heavy (non-hydrogen) atoms. The summed E-state index contributed by atoms with van der Waals surface area (Å²) >= 11 is 6.08. The highest BCUT2D eigenvalue weighted by Gasteiger charge is 2.27. The molecular formula is C23H27ClN4O2. The summed E-state index contributed by atoms with van der Waals surface area (Å²) < 4.78 is 7.65. The number of hydrogen-bond acceptors (Lipinski definition) is 4. The van der Waals surface area contributed by atoms with E-state index in [2.05, 4.69) is 9.30 Å². The summed E-state index contributed by atoms with van der Waals surface area (Å²) in [5, 5.41) is 0.710. The normalized spacial score (nSPS) is 15.5. The smallest absolute Gasteiger partial charge is 0.410 e. The molecule has 0 unspecified atom stereocenters. The molecule has 1 amide bonds. The van der Waals surface area contributed by atoms with E-state index in [9.17, 15) is 4.79 Å². The highest BCUT2D eigenvalue weighted by molar-refractivity contribution is 6.30. The summed E-state index contributed by atoms with van der Waals surface area (Å²) in [5.74, 6) is 0. The van der Waals surface area contributed by atoms with Crippen molar-refractivity contribution in [1.82, 2.24) is 19.2 Å². The fourth-order valence-corrected chi connectivity index (χ4v) is 3.79. The Morgan fingerprint density at radius 2 is 1.77 bits per heavy atom. The fourth-order valence-electron chi connectivity index (χ4n) is 3.66. The zero-order valence-corrected chi connectivity index (χ0v) is 18.4. The number of carbonyl (C=O) groups is 1. The average molecular weight is 427 g/mol. The number of imidazole rings is 1. The molecule has 0 saturated carbocycles. The molecule has 2 aromatic heterocycles. The van der Waals surface area contributed by atoms with E-state index in [4.69, 9.17) is 21.3 Å². The minimum Gasteiger partial charge on any atom is -0.444 e. The van der Waals surface area contributed by atoms with Crippen molar-refractivity contribution in [2.75, 3.05) is 26.2 Å². The summed E-state index contributed by atoms with van der Waals surface area (Å²) in [6.45, 7) is 9.33. The summed E-state index contributed by atoms with van der Waals surface area (Å²) in [6.07, 6.45) is 1.81. The van der Waals surface area contributed by atoms with Crippen molar-refractivity contribution in [2.45, 2.75) is 32.9 Å². The molecule has 1 saturated heterocycles. The van der Waals surface area contributed by atoms with Crippen LogP contribution < -0.4 is 0 Å². The Balaban J connectivity index is 1.52. The fraction of sp³-hybridized carbons (Fsp3) is 0.391. The topological polar surface area (TPSA) is 50.1 Å². The third-order valence-corrected chi connectivity index (χ3v) is 5.40. The van der Waals surface area contributed by atoms with Gasteiger partial charge in [0, 0.05) is 49.5 Å². The van der Waals surface area contributed by atoms with Crippen molar-refractivity contribution in [1.29, 1.82) is 0 Å². The molecule has 158 valence electrons. The molecule has 1 aliphatic heterocycles. The van der Waals surface area contributed by atoms with E-state index in [0.717, 1.165) is 42.2 Å². The van der Waals surface area contributed by atoms with E-state index in [1.54, 1.807) is 4.90 Å². The van der Waals surface area contributed by atoms with Crippen molar-refractivity contribution in [2.24, 2.45) is 0 Å². The van der Waals surface area contributed by atoms with Gasteiger partial charge in [-0.25, -0.2) is 9.78 Å². The van der Waals surface area contributed by atoms with Crippen LogP contribution in [0, 0.1) is 0 Å². The van der Waals surface area contributed by atoms with E-state index in [-0.39, 0.29) is 6.09 Å². The molecule has 1 aromatic carbocycles. The standard InChI is InChI=1S/C23H27ClN4O2/c1-23(2,3)30-22(29)27-14-12-26(13-15-27)16-19-21(17-7-9-18(24)10-8-17)25-20-6-4-5-11-28(19)20/h4-11H,12-16H2,1-3H3. The van der Waals surface area contributed by atoms with Crippen LogP contribution in [0.15, 0.2) is 48.7 Å². The van der Waals surface area contributed by atoms with Gasteiger partial charge in [0.1, 0.15) is 11.2 Å². The Kier molecular flexibility index (Phi) is 5.71. The Hall–Kier alpha value is -2.57. The molecule has 0 radical (unpaired) electrons. The van der Waals surface area contributed by atoms with Gasteiger partial charge in [0.25, 0.3) is 0 Å². The van der Waals surface area contributed by atoms with E-state index >= 15 is 0 Å². The first kappa shape index (κ1) is 20.7. The predicted molar refractivity (Wildman–Crippen MR) is 119 cm³/mol. The number of carbonyl (C=O) groups excluding carboxylic acids is 1. The van der Waals surface area contributed by atoms with Gasteiger partial charge in [-0.3, -0.25) is 4.90 Å². The largest absolute Gasteiger partial charge is 0.444 e. The van der Waals surface area contributed by atoms with Crippen molar-refractivity contribution in [3.63, 3.8) is 0 Å². The molecule has 6 nitrogen and oxygen atoms in total. The number of aromatic nitrogens is 2. The molecule has 4 rings (SSSR count). The van der Waals surface area contributed by atoms with Gasteiger partial charge in [0.15, 0.2) is 0 Å². The Morgan fingerprint density at radius 1 is 1.07 bits per heavy atom. The monoisotopic (exact) mass is 426 g/mol. The highest BCUT2D eigenvalue weighted by atomic mass is 35.5. The van der Waals surface area contributed by atoms with Gasteiger partial charge in [-0.1, -0.05) is 29.8 Å².